The lowest BCUT2D eigenvalue weighted by atomic mass is 9.99. The predicted octanol–water partition coefficient (Wildman–Crippen LogP) is 0.622. The van der Waals surface area contributed by atoms with Gasteiger partial charge in [-0.2, -0.15) is 0 Å². The van der Waals surface area contributed by atoms with Crippen molar-refractivity contribution >= 4 is 5.91 Å². The van der Waals surface area contributed by atoms with E-state index in [2.05, 4.69) is 19.2 Å². The van der Waals surface area contributed by atoms with Crippen LogP contribution in [0.15, 0.2) is 0 Å². The van der Waals surface area contributed by atoms with Crippen molar-refractivity contribution in [3.8, 4) is 0 Å². The Morgan fingerprint density at radius 2 is 2.25 bits per heavy atom. The molecule has 1 aliphatic heterocycles. The molecule has 4 heteroatoms. The van der Waals surface area contributed by atoms with E-state index in [4.69, 9.17) is 4.74 Å². The third-order valence-corrected chi connectivity index (χ3v) is 4.18. The van der Waals surface area contributed by atoms with Crippen molar-refractivity contribution in [3.05, 3.63) is 0 Å². The second-order valence-corrected chi connectivity index (χ2v) is 5.34. The van der Waals surface area contributed by atoms with Crippen molar-refractivity contribution in [3.63, 3.8) is 0 Å². The van der Waals surface area contributed by atoms with Crippen LogP contribution in [0.25, 0.3) is 0 Å². The summed E-state index contributed by atoms with van der Waals surface area (Å²) in [4.78, 5) is 14.0. The zero-order valence-electron chi connectivity index (χ0n) is 10.5. The van der Waals surface area contributed by atoms with Gasteiger partial charge in [0.15, 0.2) is 0 Å². The van der Waals surface area contributed by atoms with Crippen LogP contribution in [-0.2, 0) is 9.53 Å². The molecule has 0 aromatic heterocycles. The SMILES string of the molecule is CC(N(C)C(=O)C1CNCCO1)C1(C)CC1. The molecule has 2 aliphatic rings. The molecule has 2 rings (SSSR count). The topological polar surface area (TPSA) is 41.6 Å². The van der Waals surface area contributed by atoms with Gasteiger partial charge in [0.05, 0.1) is 6.61 Å². The van der Waals surface area contributed by atoms with E-state index in [1.807, 2.05) is 11.9 Å². The second kappa shape index (κ2) is 4.34. The van der Waals surface area contributed by atoms with Crippen LogP contribution in [0.4, 0.5) is 0 Å². The lowest BCUT2D eigenvalue weighted by Crippen LogP contribution is -2.51. The van der Waals surface area contributed by atoms with Crippen LogP contribution < -0.4 is 5.32 Å². The molecular formula is C12H22N2O2. The Balaban J connectivity index is 1.92. The minimum atomic E-state index is -0.288. The Morgan fingerprint density at radius 3 is 2.75 bits per heavy atom. The fraction of sp³-hybridized carbons (Fsp3) is 0.917. The summed E-state index contributed by atoms with van der Waals surface area (Å²) < 4.78 is 5.49. The van der Waals surface area contributed by atoms with Crippen LogP contribution in [0.2, 0.25) is 0 Å². The molecule has 1 N–H and O–H groups in total. The van der Waals surface area contributed by atoms with E-state index in [0.29, 0.717) is 24.6 Å². The lowest BCUT2D eigenvalue weighted by molar-refractivity contribution is -0.146. The first-order valence-corrected chi connectivity index (χ1v) is 6.13. The lowest BCUT2D eigenvalue weighted by Gasteiger charge is -2.34. The Morgan fingerprint density at radius 1 is 1.56 bits per heavy atom. The van der Waals surface area contributed by atoms with Gasteiger partial charge in [-0.3, -0.25) is 4.79 Å². The van der Waals surface area contributed by atoms with E-state index < -0.39 is 0 Å². The average molecular weight is 226 g/mol. The number of hydrogen-bond acceptors (Lipinski definition) is 3. The van der Waals surface area contributed by atoms with Crippen LogP contribution in [0, 0.1) is 5.41 Å². The van der Waals surface area contributed by atoms with Crippen molar-refractivity contribution in [2.24, 2.45) is 5.41 Å². The van der Waals surface area contributed by atoms with E-state index in [-0.39, 0.29) is 12.0 Å². The predicted molar refractivity (Wildman–Crippen MR) is 62.2 cm³/mol. The minimum Gasteiger partial charge on any atom is -0.366 e. The van der Waals surface area contributed by atoms with E-state index in [9.17, 15) is 4.79 Å². The number of carbonyl (C=O) groups excluding carboxylic acids is 1. The first-order chi connectivity index (χ1) is 7.54. The first kappa shape index (κ1) is 11.9. The Hall–Kier alpha value is -0.610. The van der Waals surface area contributed by atoms with E-state index in [1.165, 1.54) is 12.8 Å². The fourth-order valence-corrected chi connectivity index (χ4v) is 2.22. The Kier molecular flexibility index (Phi) is 3.22. The van der Waals surface area contributed by atoms with E-state index in [1.54, 1.807) is 0 Å². The highest BCUT2D eigenvalue weighted by molar-refractivity contribution is 5.81. The van der Waals surface area contributed by atoms with Crippen molar-refractivity contribution < 1.29 is 9.53 Å². The van der Waals surface area contributed by atoms with Gasteiger partial charge in [0.25, 0.3) is 5.91 Å². The highest BCUT2D eigenvalue weighted by atomic mass is 16.5. The van der Waals surface area contributed by atoms with Crippen molar-refractivity contribution in [1.82, 2.24) is 10.2 Å². The molecule has 0 aromatic carbocycles. The zero-order chi connectivity index (χ0) is 11.8. The van der Waals surface area contributed by atoms with Gasteiger partial charge < -0.3 is 15.0 Å². The van der Waals surface area contributed by atoms with Crippen LogP contribution >= 0.6 is 0 Å². The summed E-state index contributed by atoms with van der Waals surface area (Å²) in [6.07, 6.45) is 2.18. The quantitative estimate of drug-likeness (QED) is 0.767. The zero-order valence-corrected chi connectivity index (χ0v) is 10.5. The second-order valence-electron chi connectivity index (χ2n) is 5.34. The van der Waals surface area contributed by atoms with Gasteiger partial charge >= 0.3 is 0 Å². The summed E-state index contributed by atoms with van der Waals surface area (Å²) >= 11 is 0. The summed E-state index contributed by atoms with van der Waals surface area (Å²) in [5.74, 6) is 0.118. The minimum absolute atomic E-state index is 0.118. The van der Waals surface area contributed by atoms with Gasteiger partial charge in [0.2, 0.25) is 0 Å². The maximum absolute atomic E-state index is 12.2. The number of nitrogens with zero attached hydrogens (tertiary/aromatic N) is 1. The maximum Gasteiger partial charge on any atom is 0.253 e. The van der Waals surface area contributed by atoms with E-state index in [0.717, 1.165) is 6.54 Å². The highest BCUT2D eigenvalue weighted by Gasteiger charge is 2.46. The standard InChI is InChI=1S/C12H22N2O2/c1-9(12(2)4-5-12)14(3)11(15)10-8-13-6-7-16-10/h9-10,13H,4-8H2,1-3H3. The molecule has 0 spiro atoms. The molecule has 1 saturated carbocycles. The number of hydrogen-bond donors (Lipinski definition) is 1. The van der Waals surface area contributed by atoms with E-state index >= 15 is 0 Å². The maximum atomic E-state index is 12.2. The van der Waals surface area contributed by atoms with Gasteiger partial charge in [0.1, 0.15) is 6.10 Å². The summed E-state index contributed by atoms with van der Waals surface area (Å²) in [6.45, 7) is 6.52. The molecule has 2 fully saturated rings. The van der Waals surface area contributed by atoms with Crippen molar-refractivity contribution in [1.29, 1.82) is 0 Å². The van der Waals surface area contributed by atoms with Crippen LogP contribution in [0.1, 0.15) is 26.7 Å². The number of morpholine rings is 1. The monoisotopic (exact) mass is 226 g/mol. The van der Waals surface area contributed by atoms with Gasteiger partial charge in [-0.1, -0.05) is 6.92 Å². The molecule has 92 valence electrons. The van der Waals surface area contributed by atoms with Crippen molar-refractivity contribution in [2.75, 3.05) is 26.7 Å². The van der Waals surface area contributed by atoms with Crippen LogP contribution in [0.3, 0.4) is 0 Å². The van der Waals surface area contributed by atoms with Gasteiger partial charge in [-0.05, 0) is 25.2 Å². The third-order valence-electron chi connectivity index (χ3n) is 4.18. The summed E-state index contributed by atoms with van der Waals surface area (Å²) in [6, 6.07) is 0.311. The number of likely N-dealkylation sites (N-methyl/N-ethyl adjacent to an activating group) is 1. The molecule has 0 aromatic rings. The average Bonchev–Trinajstić information content (AvgIpc) is 3.07. The number of rotatable bonds is 3. The molecule has 0 radical (unpaired) electrons. The highest BCUT2D eigenvalue weighted by Crippen LogP contribution is 2.49. The van der Waals surface area contributed by atoms with Crippen LogP contribution in [0.5, 0.6) is 0 Å². The molecule has 2 atom stereocenters. The number of ether oxygens (including phenoxy) is 1. The molecule has 1 amide bonds. The molecule has 1 heterocycles. The molecule has 1 aliphatic carbocycles. The number of carbonyl (C=O) groups is 1. The van der Waals surface area contributed by atoms with Gasteiger partial charge in [0, 0.05) is 26.2 Å². The van der Waals surface area contributed by atoms with Crippen LogP contribution in [-0.4, -0.2) is 49.7 Å². The Labute approximate surface area is 97.3 Å². The summed E-state index contributed by atoms with van der Waals surface area (Å²) in [5.41, 5.74) is 0.340. The number of nitrogens with one attached hydrogen (secondary N) is 1. The fourth-order valence-electron chi connectivity index (χ4n) is 2.22. The largest absolute Gasteiger partial charge is 0.366 e. The van der Waals surface area contributed by atoms with Gasteiger partial charge in [-0.15, -0.1) is 0 Å². The molecule has 1 saturated heterocycles. The van der Waals surface area contributed by atoms with Gasteiger partial charge in [-0.25, -0.2) is 0 Å². The van der Waals surface area contributed by atoms with Crippen molar-refractivity contribution in [2.45, 2.75) is 38.8 Å². The normalized spacial score (nSPS) is 29.6. The first-order valence-electron chi connectivity index (χ1n) is 6.13. The Bertz CT molecular complexity index is 270. The molecule has 16 heavy (non-hydrogen) atoms. The molecular weight excluding hydrogens is 204 g/mol. The molecule has 0 bridgehead atoms. The molecule has 2 unspecified atom stereocenters. The summed E-state index contributed by atoms with van der Waals surface area (Å²) in [5, 5.41) is 3.19. The third kappa shape index (κ3) is 2.23. The molecule has 4 nitrogen and oxygen atoms in total. The summed E-state index contributed by atoms with van der Waals surface area (Å²) in [7, 11) is 1.90. The number of amides is 1. The smallest absolute Gasteiger partial charge is 0.253 e.